The second-order valence-electron chi connectivity index (χ2n) is 4.29. The Balaban J connectivity index is 0.00000211. The fraction of sp³-hybridized carbons (Fsp3) is 0.467. The molecular weight excluding hydrogens is 299 g/mol. The zero-order chi connectivity index (χ0) is 17.3. The van der Waals surface area contributed by atoms with Gasteiger partial charge in [0.2, 0.25) is 0 Å². The van der Waals surface area contributed by atoms with Crippen LogP contribution in [0.2, 0.25) is 0 Å². The molecule has 1 aromatic rings. The number of nitrogens with one attached hydrogen (secondary N) is 1. The summed E-state index contributed by atoms with van der Waals surface area (Å²) in [4.78, 5) is 22.5. The van der Waals surface area contributed by atoms with Crippen molar-refractivity contribution in [3.8, 4) is 0 Å². The molecule has 0 unspecified atom stereocenters. The summed E-state index contributed by atoms with van der Waals surface area (Å²) in [5.41, 5.74) is -0.969. The molecule has 0 fully saturated rings. The van der Waals surface area contributed by atoms with E-state index in [1.807, 2.05) is 13.8 Å². The van der Waals surface area contributed by atoms with E-state index in [9.17, 15) is 22.8 Å². The number of hydrogen-bond donors (Lipinski definition) is 1. The predicted molar refractivity (Wildman–Crippen MR) is 75.9 cm³/mol. The summed E-state index contributed by atoms with van der Waals surface area (Å²) in [5.74, 6) is -2.19. The number of amides is 1. The lowest BCUT2D eigenvalue weighted by Crippen LogP contribution is -2.33. The molecule has 4 nitrogen and oxygen atoms in total. The van der Waals surface area contributed by atoms with E-state index in [0.29, 0.717) is 0 Å². The maximum Gasteiger partial charge on any atom is 0.416 e. The molecule has 124 valence electrons. The van der Waals surface area contributed by atoms with Gasteiger partial charge in [-0.15, -0.1) is 0 Å². The van der Waals surface area contributed by atoms with E-state index in [1.54, 1.807) is 13.8 Å². The molecule has 0 aliphatic heterocycles. The number of hydrogen-bond acceptors (Lipinski definition) is 3. The van der Waals surface area contributed by atoms with Gasteiger partial charge in [0.15, 0.2) is 0 Å². The minimum Gasteiger partial charge on any atom is -0.456 e. The van der Waals surface area contributed by atoms with E-state index < -0.39 is 36.3 Å². The van der Waals surface area contributed by atoms with Crippen LogP contribution in [0.1, 0.15) is 38.8 Å². The Morgan fingerprint density at radius 3 is 2.23 bits per heavy atom. The van der Waals surface area contributed by atoms with Crippen LogP contribution in [-0.2, 0) is 27.0 Å². The number of halogens is 3. The first kappa shape index (κ1) is 19.9. The molecule has 1 amide bonds. The molecule has 0 bridgehead atoms. The monoisotopic (exact) mass is 319 g/mol. The van der Waals surface area contributed by atoms with Crippen LogP contribution in [-0.4, -0.2) is 18.0 Å². The lowest BCUT2D eigenvalue weighted by atomic mass is 10.1. The zero-order valence-electron chi connectivity index (χ0n) is 13.0. The number of rotatable bonds is 3. The highest BCUT2D eigenvalue weighted by Crippen LogP contribution is 2.31. The fourth-order valence-corrected chi connectivity index (χ4v) is 1.47. The minimum absolute atomic E-state index is 0.120. The molecule has 0 aromatic heterocycles. The van der Waals surface area contributed by atoms with Gasteiger partial charge in [-0.3, -0.25) is 4.79 Å². The molecule has 0 radical (unpaired) electrons. The van der Waals surface area contributed by atoms with Crippen molar-refractivity contribution in [1.29, 1.82) is 0 Å². The Morgan fingerprint density at radius 2 is 1.73 bits per heavy atom. The molecule has 0 spiro atoms. The van der Waals surface area contributed by atoms with E-state index >= 15 is 0 Å². The van der Waals surface area contributed by atoms with Gasteiger partial charge in [-0.1, -0.05) is 32.0 Å². The first-order chi connectivity index (χ1) is 10.2. The Hall–Kier alpha value is -2.05. The van der Waals surface area contributed by atoms with Crippen LogP contribution in [0, 0.1) is 0 Å². The highest BCUT2D eigenvalue weighted by atomic mass is 19.4. The van der Waals surface area contributed by atoms with Gasteiger partial charge in [-0.2, -0.15) is 13.2 Å². The van der Waals surface area contributed by atoms with Crippen molar-refractivity contribution in [2.75, 3.05) is 0 Å². The summed E-state index contributed by atoms with van der Waals surface area (Å²) in [5, 5.41) is 2.10. The van der Waals surface area contributed by atoms with Crippen molar-refractivity contribution in [2.45, 2.75) is 46.5 Å². The molecule has 1 aromatic carbocycles. The number of alkyl halides is 3. The van der Waals surface area contributed by atoms with Crippen molar-refractivity contribution in [1.82, 2.24) is 5.32 Å². The molecule has 0 aliphatic carbocycles. The zero-order valence-corrected chi connectivity index (χ0v) is 13.0. The van der Waals surface area contributed by atoms with Gasteiger partial charge in [0, 0.05) is 6.54 Å². The average Bonchev–Trinajstić information content (AvgIpc) is 2.45. The second kappa shape index (κ2) is 9.07. The van der Waals surface area contributed by atoms with Gasteiger partial charge in [0.1, 0.15) is 0 Å². The third-order valence-corrected chi connectivity index (χ3v) is 2.29. The molecule has 0 atom stereocenters. The van der Waals surface area contributed by atoms with Crippen molar-refractivity contribution in [3.63, 3.8) is 0 Å². The first-order valence-corrected chi connectivity index (χ1v) is 6.85. The summed E-state index contributed by atoms with van der Waals surface area (Å²) < 4.78 is 42.7. The number of carbonyl (C=O) groups is 2. The molecule has 0 aliphatic rings. The largest absolute Gasteiger partial charge is 0.456 e. The normalized spacial score (nSPS) is 10.5. The maximum atomic E-state index is 12.7. The molecule has 7 heteroatoms. The van der Waals surface area contributed by atoms with Gasteiger partial charge in [0.05, 0.1) is 11.7 Å². The van der Waals surface area contributed by atoms with E-state index in [4.69, 9.17) is 0 Å². The van der Waals surface area contributed by atoms with Gasteiger partial charge >= 0.3 is 18.1 Å². The molecular formula is C15H20F3NO3. The molecule has 1 rings (SSSR count). The lowest BCUT2D eigenvalue weighted by Gasteiger charge is -2.13. The fourth-order valence-electron chi connectivity index (χ4n) is 1.47. The van der Waals surface area contributed by atoms with E-state index in [2.05, 4.69) is 10.1 Å². The van der Waals surface area contributed by atoms with Crippen LogP contribution in [0.3, 0.4) is 0 Å². The third kappa shape index (κ3) is 6.60. The predicted octanol–water partition coefficient (Wildman–Crippen LogP) is 3.30. The maximum absolute atomic E-state index is 12.7. The smallest absolute Gasteiger partial charge is 0.416 e. The Labute approximate surface area is 127 Å². The van der Waals surface area contributed by atoms with Crippen molar-refractivity contribution in [3.05, 3.63) is 35.4 Å². The molecule has 0 saturated heterocycles. The highest BCUT2D eigenvalue weighted by molar-refractivity contribution is 6.32. The Kier molecular flexibility index (Phi) is 8.22. The third-order valence-electron chi connectivity index (χ3n) is 2.29. The SMILES string of the molecule is CC.CC(C)OC(=O)C(=O)NCc1ccccc1C(F)(F)F. The van der Waals surface area contributed by atoms with Crippen LogP contribution in [0.4, 0.5) is 13.2 Å². The van der Waals surface area contributed by atoms with Gasteiger partial charge in [-0.05, 0) is 25.5 Å². The van der Waals surface area contributed by atoms with E-state index in [1.165, 1.54) is 18.2 Å². The van der Waals surface area contributed by atoms with Crippen molar-refractivity contribution < 1.29 is 27.5 Å². The second-order valence-corrected chi connectivity index (χ2v) is 4.29. The van der Waals surface area contributed by atoms with Gasteiger partial charge < -0.3 is 10.1 Å². The number of benzene rings is 1. The van der Waals surface area contributed by atoms with Crippen LogP contribution in [0.25, 0.3) is 0 Å². The standard InChI is InChI=1S/C13H14F3NO3.C2H6/c1-8(2)20-12(19)11(18)17-7-9-5-3-4-6-10(9)13(14,15)16;1-2/h3-6,8H,7H2,1-2H3,(H,17,18);1-2H3. The molecule has 22 heavy (non-hydrogen) atoms. The molecule has 1 N–H and O–H groups in total. The molecule has 0 heterocycles. The summed E-state index contributed by atoms with van der Waals surface area (Å²) in [6, 6.07) is 4.81. The van der Waals surface area contributed by atoms with E-state index in [0.717, 1.165) is 6.07 Å². The Morgan fingerprint density at radius 1 is 1.18 bits per heavy atom. The van der Waals surface area contributed by atoms with Gasteiger partial charge in [-0.25, -0.2) is 4.79 Å². The Bertz CT molecular complexity index is 499. The van der Waals surface area contributed by atoms with Crippen LogP contribution in [0.15, 0.2) is 24.3 Å². The minimum atomic E-state index is -4.51. The van der Waals surface area contributed by atoms with E-state index in [-0.39, 0.29) is 5.56 Å². The lowest BCUT2D eigenvalue weighted by molar-refractivity contribution is -0.157. The molecule has 0 saturated carbocycles. The van der Waals surface area contributed by atoms with Crippen molar-refractivity contribution in [2.24, 2.45) is 0 Å². The number of esters is 1. The first-order valence-electron chi connectivity index (χ1n) is 6.85. The van der Waals surface area contributed by atoms with Crippen LogP contribution >= 0.6 is 0 Å². The highest BCUT2D eigenvalue weighted by Gasteiger charge is 2.33. The summed E-state index contributed by atoms with van der Waals surface area (Å²) in [6.45, 7) is 6.72. The average molecular weight is 319 g/mol. The van der Waals surface area contributed by atoms with Crippen LogP contribution in [0.5, 0.6) is 0 Å². The summed E-state index contributed by atoms with van der Waals surface area (Å²) in [7, 11) is 0. The van der Waals surface area contributed by atoms with Crippen LogP contribution < -0.4 is 5.32 Å². The quantitative estimate of drug-likeness (QED) is 0.687. The summed E-state index contributed by atoms with van der Waals surface area (Å²) >= 11 is 0. The number of ether oxygens (including phenoxy) is 1. The summed E-state index contributed by atoms with van der Waals surface area (Å²) in [6.07, 6.45) is -4.99. The number of carbonyl (C=O) groups excluding carboxylic acids is 2. The van der Waals surface area contributed by atoms with Crippen molar-refractivity contribution >= 4 is 11.9 Å². The topological polar surface area (TPSA) is 55.4 Å². The van der Waals surface area contributed by atoms with Gasteiger partial charge in [0.25, 0.3) is 0 Å².